The van der Waals surface area contributed by atoms with Crippen molar-refractivity contribution in [1.29, 1.82) is 0 Å². The van der Waals surface area contributed by atoms with Gasteiger partial charge in [0.25, 0.3) is 5.89 Å². The summed E-state index contributed by atoms with van der Waals surface area (Å²) >= 11 is 0. The van der Waals surface area contributed by atoms with Crippen LogP contribution >= 0.6 is 0 Å². The number of hydrogen-bond donors (Lipinski definition) is 0. The van der Waals surface area contributed by atoms with E-state index < -0.39 is 0 Å². The number of nitrogens with zero attached hydrogens (tertiary/aromatic N) is 5. The third-order valence-electron chi connectivity index (χ3n) is 5.07. The molecule has 0 unspecified atom stereocenters. The monoisotopic (exact) mass is 343 g/mol. The van der Waals surface area contributed by atoms with E-state index in [-0.39, 0.29) is 0 Å². The fraction of sp³-hybridized carbons (Fsp3) is 0.611. The molecule has 7 heteroatoms. The second-order valence-electron chi connectivity index (χ2n) is 6.86. The first kappa shape index (κ1) is 16.5. The van der Waals surface area contributed by atoms with Crippen LogP contribution in [0, 0.1) is 12.8 Å². The average Bonchev–Trinajstić information content (AvgIpc) is 3.10. The Morgan fingerprint density at radius 1 is 1.16 bits per heavy atom. The molecule has 0 N–H and O–H groups in total. The highest BCUT2D eigenvalue weighted by Gasteiger charge is 2.24. The summed E-state index contributed by atoms with van der Waals surface area (Å²) in [5.74, 6) is 2.92. The second kappa shape index (κ2) is 7.49. The molecule has 2 aromatic rings. The Kier molecular flexibility index (Phi) is 4.94. The molecule has 4 heterocycles. The van der Waals surface area contributed by atoms with Crippen LogP contribution in [0.4, 0.5) is 5.82 Å². The van der Waals surface area contributed by atoms with Gasteiger partial charge in [0.1, 0.15) is 5.82 Å². The lowest BCUT2D eigenvalue weighted by atomic mass is 9.99. The van der Waals surface area contributed by atoms with Gasteiger partial charge in [-0.2, -0.15) is 4.98 Å². The lowest BCUT2D eigenvalue weighted by molar-refractivity contribution is 0.0517. The summed E-state index contributed by atoms with van der Waals surface area (Å²) in [6, 6.07) is 3.92. The van der Waals surface area contributed by atoms with Crippen LogP contribution in [-0.2, 0) is 4.74 Å². The topological polar surface area (TPSA) is 67.5 Å². The van der Waals surface area contributed by atoms with E-state index in [1.807, 2.05) is 25.3 Å². The highest BCUT2D eigenvalue weighted by atomic mass is 16.5. The summed E-state index contributed by atoms with van der Waals surface area (Å²) in [4.78, 5) is 13.9. The Bertz CT molecular complexity index is 690. The molecular formula is C18H25N5O2. The zero-order valence-corrected chi connectivity index (χ0v) is 14.7. The van der Waals surface area contributed by atoms with Crippen molar-refractivity contribution >= 4 is 5.82 Å². The smallest absolute Gasteiger partial charge is 0.261 e. The van der Waals surface area contributed by atoms with E-state index in [2.05, 4.69) is 24.9 Å². The number of rotatable bonds is 4. The van der Waals surface area contributed by atoms with Crippen molar-refractivity contribution in [3.63, 3.8) is 0 Å². The largest absolute Gasteiger partial charge is 0.381 e. The first-order valence-electron chi connectivity index (χ1n) is 9.10. The Morgan fingerprint density at radius 3 is 2.68 bits per heavy atom. The maximum atomic E-state index is 5.47. The molecule has 2 aliphatic rings. The summed E-state index contributed by atoms with van der Waals surface area (Å²) < 4.78 is 10.8. The fourth-order valence-electron chi connectivity index (χ4n) is 3.66. The average molecular weight is 343 g/mol. The maximum Gasteiger partial charge on any atom is 0.261 e. The van der Waals surface area contributed by atoms with Crippen molar-refractivity contribution in [3.8, 4) is 11.5 Å². The van der Waals surface area contributed by atoms with Gasteiger partial charge in [-0.05, 0) is 37.8 Å². The van der Waals surface area contributed by atoms with E-state index in [1.54, 1.807) is 0 Å². The standard InChI is InChI=1S/C18H25N5O2/c1-14-20-18(25-21-14)16-3-2-6-19-17(16)23-9-7-22(8-10-23)13-15-4-11-24-12-5-15/h2-3,6,15H,4-5,7-13H2,1H3. The Balaban J connectivity index is 1.41. The summed E-state index contributed by atoms with van der Waals surface area (Å²) in [6.07, 6.45) is 4.22. The number of aromatic nitrogens is 3. The molecule has 0 radical (unpaired) electrons. The van der Waals surface area contributed by atoms with Gasteiger partial charge >= 0.3 is 0 Å². The van der Waals surface area contributed by atoms with E-state index in [0.717, 1.165) is 56.7 Å². The molecule has 2 fully saturated rings. The number of ether oxygens (including phenoxy) is 1. The van der Waals surface area contributed by atoms with Gasteiger partial charge in [-0.3, -0.25) is 4.90 Å². The SMILES string of the molecule is Cc1noc(-c2cccnc2N2CCN(CC3CCOCC3)CC2)n1. The lowest BCUT2D eigenvalue weighted by Gasteiger charge is -2.38. The fourth-order valence-corrected chi connectivity index (χ4v) is 3.66. The molecule has 2 aromatic heterocycles. The summed E-state index contributed by atoms with van der Waals surface area (Å²) in [7, 11) is 0. The molecule has 2 aliphatic heterocycles. The van der Waals surface area contributed by atoms with Crippen LogP contribution in [-0.4, -0.2) is 66.0 Å². The first-order valence-corrected chi connectivity index (χ1v) is 9.10. The van der Waals surface area contributed by atoms with Crippen LogP contribution in [0.2, 0.25) is 0 Å². The van der Waals surface area contributed by atoms with Gasteiger partial charge in [0, 0.05) is 52.1 Å². The summed E-state index contributed by atoms with van der Waals surface area (Å²) in [5.41, 5.74) is 0.918. The highest BCUT2D eigenvalue weighted by Crippen LogP contribution is 2.28. The number of piperazine rings is 1. The number of pyridine rings is 1. The lowest BCUT2D eigenvalue weighted by Crippen LogP contribution is -2.48. The molecule has 0 aromatic carbocycles. The quantitative estimate of drug-likeness (QED) is 0.841. The minimum Gasteiger partial charge on any atom is -0.381 e. The van der Waals surface area contributed by atoms with Crippen molar-refractivity contribution in [1.82, 2.24) is 20.0 Å². The van der Waals surface area contributed by atoms with Crippen LogP contribution in [0.25, 0.3) is 11.5 Å². The van der Waals surface area contributed by atoms with Crippen molar-refractivity contribution in [3.05, 3.63) is 24.2 Å². The molecule has 0 spiro atoms. The number of aryl methyl sites for hydroxylation is 1. The van der Waals surface area contributed by atoms with Gasteiger partial charge in [-0.25, -0.2) is 4.98 Å². The van der Waals surface area contributed by atoms with E-state index >= 15 is 0 Å². The number of anilines is 1. The molecule has 0 amide bonds. The molecule has 0 aliphatic carbocycles. The minimum atomic E-state index is 0.547. The van der Waals surface area contributed by atoms with E-state index in [1.165, 1.54) is 19.4 Å². The van der Waals surface area contributed by atoms with Crippen LogP contribution < -0.4 is 4.90 Å². The molecule has 7 nitrogen and oxygen atoms in total. The maximum absolute atomic E-state index is 5.47. The molecule has 4 rings (SSSR count). The minimum absolute atomic E-state index is 0.547. The van der Waals surface area contributed by atoms with Crippen LogP contribution in [0.5, 0.6) is 0 Å². The van der Waals surface area contributed by atoms with Crippen molar-refractivity contribution in [2.45, 2.75) is 19.8 Å². The van der Waals surface area contributed by atoms with Crippen LogP contribution in [0.1, 0.15) is 18.7 Å². The predicted molar refractivity (Wildman–Crippen MR) is 94.5 cm³/mol. The van der Waals surface area contributed by atoms with Gasteiger partial charge in [0.05, 0.1) is 5.56 Å². The van der Waals surface area contributed by atoms with Crippen molar-refractivity contribution < 1.29 is 9.26 Å². The second-order valence-corrected chi connectivity index (χ2v) is 6.86. The van der Waals surface area contributed by atoms with E-state index in [0.29, 0.717) is 11.7 Å². The van der Waals surface area contributed by atoms with Crippen molar-refractivity contribution in [2.75, 3.05) is 50.8 Å². The Labute approximate surface area is 148 Å². The van der Waals surface area contributed by atoms with Gasteiger partial charge in [-0.1, -0.05) is 5.16 Å². The van der Waals surface area contributed by atoms with Crippen LogP contribution in [0.3, 0.4) is 0 Å². The first-order chi connectivity index (χ1) is 12.3. The number of hydrogen-bond acceptors (Lipinski definition) is 7. The molecule has 0 saturated carbocycles. The normalized spacial score (nSPS) is 20.1. The summed E-state index contributed by atoms with van der Waals surface area (Å²) in [6.45, 7) is 8.94. The zero-order chi connectivity index (χ0) is 17.1. The van der Waals surface area contributed by atoms with Crippen LogP contribution in [0.15, 0.2) is 22.9 Å². The molecule has 0 atom stereocenters. The molecule has 25 heavy (non-hydrogen) atoms. The molecule has 2 saturated heterocycles. The molecular weight excluding hydrogens is 318 g/mol. The highest BCUT2D eigenvalue weighted by molar-refractivity contribution is 5.69. The van der Waals surface area contributed by atoms with Gasteiger partial charge < -0.3 is 14.2 Å². The van der Waals surface area contributed by atoms with Gasteiger partial charge in [0.2, 0.25) is 0 Å². The summed E-state index contributed by atoms with van der Waals surface area (Å²) in [5, 5.41) is 3.91. The van der Waals surface area contributed by atoms with E-state index in [4.69, 9.17) is 9.26 Å². The van der Waals surface area contributed by atoms with Crippen molar-refractivity contribution in [2.24, 2.45) is 5.92 Å². The van der Waals surface area contributed by atoms with E-state index in [9.17, 15) is 0 Å². The molecule has 134 valence electrons. The van der Waals surface area contributed by atoms with Gasteiger partial charge in [-0.15, -0.1) is 0 Å². The third kappa shape index (κ3) is 3.82. The third-order valence-corrected chi connectivity index (χ3v) is 5.07. The van der Waals surface area contributed by atoms with Gasteiger partial charge in [0.15, 0.2) is 5.82 Å². The Hall–Kier alpha value is -1.99. The Morgan fingerprint density at radius 2 is 1.96 bits per heavy atom. The molecule has 0 bridgehead atoms. The predicted octanol–water partition coefficient (Wildman–Crippen LogP) is 1.99. The zero-order valence-electron chi connectivity index (χ0n) is 14.7.